The number of aryl methyl sites for hydroxylation is 1. The van der Waals surface area contributed by atoms with E-state index in [0.29, 0.717) is 6.61 Å². The van der Waals surface area contributed by atoms with Gasteiger partial charge in [-0.25, -0.2) is 4.98 Å². The van der Waals surface area contributed by atoms with Crippen LogP contribution in [0.5, 0.6) is 0 Å². The van der Waals surface area contributed by atoms with E-state index in [2.05, 4.69) is 10.3 Å². The summed E-state index contributed by atoms with van der Waals surface area (Å²) in [6.07, 6.45) is 1.75. The molecule has 0 aromatic carbocycles. The Morgan fingerprint density at radius 2 is 2.38 bits per heavy atom. The van der Waals surface area contributed by atoms with E-state index in [1.54, 1.807) is 13.3 Å². The maximum Gasteiger partial charge on any atom is 0.128 e. The number of nitrogens with zero attached hydrogens (tertiary/aromatic N) is 1. The smallest absolute Gasteiger partial charge is 0.128 e. The van der Waals surface area contributed by atoms with Gasteiger partial charge in [0, 0.05) is 31.6 Å². The average molecular weight is 181 g/mol. The van der Waals surface area contributed by atoms with Gasteiger partial charge in [0.1, 0.15) is 5.82 Å². The molecule has 0 aliphatic rings. The Morgan fingerprint density at radius 1 is 1.62 bits per heavy atom. The third kappa shape index (κ3) is 2.91. The summed E-state index contributed by atoms with van der Waals surface area (Å²) in [7, 11) is 1.67. The number of pyridine rings is 1. The van der Waals surface area contributed by atoms with E-state index in [4.69, 9.17) is 10.5 Å². The predicted octanol–water partition coefficient (Wildman–Crippen LogP) is 1.03. The van der Waals surface area contributed by atoms with Crippen LogP contribution < -0.4 is 11.1 Å². The van der Waals surface area contributed by atoms with Crippen molar-refractivity contribution in [1.29, 1.82) is 0 Å². The van der Waals surface area contributed by atoms with Gasteiger partial charge in [-0.15, -0.1) is 0 Å². The summed E-state index contributed by atoms with van der Waals surface area (Å²) in [6.45, 7) is 3.34. The lowest BCUT2D eigenvalue weighted by molar-refractivity contribution is 0.210. The number of nitrogens with two attached hydrogens (primary N) is 1. The average Bonchev–Trinajstić information content (AvgIpc) is 2.12. The van der Waals surface area contributed by atoms with Crippen molar-refractivity contribution >= 4 is 11.5 Å². The second-order valence-corrected chi connectivity index (χ2v) is 2.85. The van der Waals surface area contributed by atoms with Crippen molar-refractivity contribution in [3.63, 3.8) is 0 Å². The molecule has 0 radical (unpaired) electrons. The largest absolute Gasteiger partial charge is 0.398 e. The van der Waals surface area contributed by atoms with Gasteiger partial charge in [0.25, 0.3) is 0 Å². The first-order chi connectivity index (χ1) is 6.24. The molecule has 1 heterocycles. The Hall–Kier alpha value is -1.29. The lowest BCUT2D eigenvalue weighted by atomic mass is 10.2. The van der Waals surface area contributed by atoms with Crippen molar-refractivity contribution in [2.75, 3.05) is 31.3 Å². The lowest BCUT2D eigenvalue weighted by Gasteiger charge is -2.06. The molecule has 1 rings (SSSR count). The van der Waals surface area contributed by atoms with Crippen LogP contribution in [-0.2, 0) is 4.74 Å². The maximum absolute atomic E-state index is 5.71. The minimum Gasteiger partial charge on any atom is -0.398 e. The fourth-order valence-corrected chi connectivity index (χ4v) is 0.917. The van der Waals surface area contributed by atoms with Crippen LogP contribution in [0, 0.1) is 6.92 Å². The maximum atomic E-state index is 5.71. The van der Waals surface area contributed by atoms with E-state index in [-0.39, 0.29) is 0 Å². The Kier molecular flexibility index (Phi) is 3.52. The molecule has 0 aliphatic heterocycles. The third-order valence-electron chi connectivity index (χ3n) is 1.76. The minimum absolute atomic E-state index is 0.662. The Bertz CT molecular complexity index is 276. The molecule has 0 fully saturated rings. The number of anilines is 2. The zero-order chi connectivity index (χ0) is 9.68. The zero-order valence-corrected chi connectivity index (χ0v) is 8.00. The number of nitrogens with one attached hydrogen (secondary N) is 1. The van der Waals surface area contributed by atoms with Crippen LogP contribution in [0.3, 0.4) is 0 Å². The summed E-state index contributed by atoms with van der Waals surface area (Å²) in [6, 6.07) is 1.82. The highest BCUT2D eigenvalue weighted by Crippen LogP contribution is 2.12. The van der Waals surface area contributed by atoms with Gasteiger partial charge in [-0.05, 0) is 12.5 Å². The zero-order valence-electron chi connectivity index (χ0n) is 8.00. The number of methoxy groups -OCH3 is 1. The van der Waals surface area contributed by atoms with Gasteiger partial charge in [-0.1, -0.05) is 0 Å². The topological polar surface area (TPSA) is 60.2 Å². The number of rotatable bonds is 4. The summed E-state index contributed by atoms with van der Waals surface area (Å²) in [4.78, 5) is 4.16. The molecule has 0 saturated carbocycles. The van der Waals surface area contributed by atoms with E-state index < -0.39 is 0 Å². The molecule has 1 aromatic rings. The van der Waals surface area contributed by atoms with Crippen molar-refractivity contribution in [3.8, 4) is 0 Å². The van der Waals surface area contributed by atoms with Crippen LogP contribution in [0.15, 0.2) is 12.3 Å². The highest BCUT2D eigenvalue weighted by Gasteiger charge is 1.96. The van der Waals surface area contributed by atoms with Crippen LogP contribution >= 0.6 is 0 Å². The normalized spacial score (nSPS) is 10.0. The molecule has 13 heavy (non-hydrogen) atoms. The summed E-state index contributed by atoms with van der Waals surface area (Å²) >= 11 is 0. The predicted molar refractivity (Wildman–Crippen MR) is 53.8 cm³/mol. The molecule has 0 amide bonds. The number of ether oxygens (including phenoxy) is 1. The lowest BCUT2D eigenvalue weighted by Crippen LogP contribution is -2.09. The fourth-order valence-electron chi connectivity index (χ4n) is 0.917. The summed E-state index contributed by atoms with van der Waals surface area (Å²) in [5.74, 6) is 0.792. The van der Waals surface area contributed by atoms with Gasteiger partial charge in [0.15, 0.2) is 0 Å². The van der Waals surface area contributed by atoms with Crippen LogP contribution in [0.1, 0.15) is 5.56 Å². The molecular weight excluding hydrogens is 166 g/mol. The minimum atomic E-state index is 0.662. The van der Waals surface area contributed by atoms with Crippen LogP contribution in [0.4, 0.5) is 11.5 Å². The summed E-state index contributed by atoms with van der Waals surface area (Å²) < 4.78 is 4.90. The standard InChI is InChI=1S/C9H15N3O/c1-7-6-12-9(5-8(7)10)11-3-4-13-2/h5-6H,3-4H2,1-2H3,(H3,10,11,12). The molecule has 1 aromatic heterocycles. The highest BCUT2D eigenvalue weighted by atomic mass is 16.5. The first-order valence-corrected chi connectivity index (χ1v) is 4.19. The van der Waals surface area contributed by atoms with Crippen molar-refractivity contribution in [1.82, 2.24) is 4.98 Å². The molecule has 0 spiro atoms. The third-order valence-corrected chi connectivity index (χ3v) is 1.76. The summed E-state index contributed by atoms with van der Waals surface area (Å²) in [5.41, 5.74) is 7.47. The van der Waals surface area contributed by atoms with Gasteiger partial charge < -0.3 is 15.8 Å². The molecule has 0 bridgehead atoms. The molecule has 4 nitrogen and oxygen atoms in total. The van der Waals surface area contributed by atoms with Crippen LogP contribution in [0.2, 0.25) is 0 Å². The molecule has 4 heteroatoms. The molecule has 0 saturated heterocycles. The van der Waals surface area contributed by atoms with Gasteiger partial charge in [-0.3, -0.25) is 0 Å². The monoisotopic (exact) mass is 181 g/mol. The van der Waals surface area contributed by atoms with Crippen molar-refractivity contribution in [2.24, 2.45) is 0 Å². The molecule has 0 atom stereocenters. The van der Waals surface area contributed by atoms with Crippen molar-refractivity contribution in [3.05, 3.63) is 17.8 Å². The van der Waals surface area contributed by atoms with E-state index in [1.807, 2.05) is 13.0 Å². The quantitative estimate of drug-likeness (QED) is 0.681. The molecule has 72 valence electrons. The Labute approximate surface area is 78.1 Å². The van der Waals surface area contributed by atoms with Crippen molar-refractivity contribution in [2.45, 2.75) is 6.92 Å². The SMILES string of the molecule is COCCNc1cc(N)c(C)cn1. The number of hydrogen-bond acceptors (Lipinski definition) is 4. The van der Waals surface area contributed by atoms with Gasteiger partial charge in [0.2, 0.25) is 0 Å². The summed E-state index contributed by atoms with van der Waals surface area (Å²) in [5, 5.41) is 3.10. The number of aromatic nitrogens is 1. The highest BCUT2D eigenvalue weighted by molar-refractivity contribution is 5.53. The van der Waals surface area contributed by atoms with Gasteiger partial charge in [0.05, 0.1) is 6.61 Å². The van der Waals surface area contributed by atoms with E-state index in [9.17, 15) is 0 Å². The first kappa shape index (κ1) is 9.80. The molecular formula is C9H15N3O. The van der Waals surface area contributed by atoms with Crippen molar-refractivity contribution < 1.29 is 4.74 Å². The molecule has 3 N–H and O–H groups in total. The number of nitrogen functional groups attached to an aromatic ring is 1. The molecule has 0 unspecified atom stereocenters. The van der Waals surface area contributed by atoms with E-state index >= 15 is 0 Å². The second kappa shape index (κ2) is 4.67. The van der Waals surface area contributed by atoms with E-state index in [0.717, 1.165) is 23.6 Å². The fraction of sp³-hybridized carbons (Fsp3) is 0.444. The number of hydrogen-bond donors (Lipinski definition) is 2. The van der Waals surface area contributed by atoms with Crippen LogP contribution in [-0.4, -0.2) is 25.2 Å². The Morgan fingerprint density at radius 3 is 3.00 bits per heavy atom. The Balaban J connectivity index is 2.53. The van der Waals surface area contributed by atoms with E-state index in [1.165, 1.54) is 0 Å². The van der Waals surface area contributed by atoms with Crippen LogP contribution in [0.25, 0.3) is 0 Å². The first-order valence-electron chi connectivity index (χ1n) is 4.19. The molecule has 0 aliphatic carbocycles. The second-order valence-electron chi connectivity index (χ2n) is 2.85. The van der Waals surface area contributed by atoms with Gasteiger partial charge in [-0.2, -0.15) is 0 Å². The van der Waals surface area contributed by atoms with Gasteiger partial charge >= 0.3 is 0 Å².